The molecule has 3 atom stereocenters. The van der Waals surface area contributed by atoms with Crippen LogP contribution in [0.4, 0.5) is 5.69 Å². The molecule has 0 radical (unpaired) electrons. The first-order valence-corrected chi connectivity index (χ1v) is 8.62. The highest BCUT2D eigenvalue weighted by atomic mass is 35.5. The summed E-state index contributed by atoms with van der Waals surface area (Å²) in [4.78, 5) is 14.5. The van der Waals surface area contributed by atoms with Crippen LogP contribution in [0.5, 0.6) is 0 Å². The van der Waals surface area contributed by atoms with Gasteiger partial charge in [0.25, 0.3) is 5.91 Å². The number of para-hydroxylation sites is 1. The zero-order valence-corrected chi connectivity index (χ0v) is 13.9. The minimum atomic E-state index is -0.546. The molecule has 2 aliphatic heterocycles. The Morgan fingerprint density at radius 1 is 1.12 bits per heavy atom. The maximum Gasteiger partial charge on any atom is 0.254 e. The summed E-state index contributed by atoms with van der Waals surface area (Å²) < 4.78 is 0. The average Bonchev–Trinajstić information content (AvgIpc) is 2.74. The molecule has 2 aromatic carbocycles. The molecule has 0 saturated carbocycles. The number of hydrogen-bond donors (Lipinski definition) is 2. The van der Waals surface area contributed by atoms with Gasteiger partial charge < -0.3 is 15.3 Å². The number of nitrogens with zero attached hydrogens (tertiary/aromatic N) is 1. The molecule has 2 heterocycles. The van der Waals surface area contributed by atoms with E-state index >= 15 is 0 Å². The second kappa shape index (κ2) is 6.11. The van der Waals surface area contributed by atoms with Gasteiger partial charge in [-0.25, -0.2) is 0 Å². The van der Waals surface area contributed by atoms with Crippen molar-refractivity contribution in [2.45, 2.75) is 31.0 Å². The number of halogens is 1. The highest BCUT2D eigenvalue weighted by Gasteiger charge is 2.41. The van der Waals surface area contributed by atoms with Crippen LogP contribution in [0, 0.1) is 0 Å². The number of aliphatic hydroxyl groups excluding tert-OH is 1. The van der Waals surface area contributed by atoms with E-state index in [1.165, 1.54) is 0 Å². The molecule has 5 heteroatoms. The normalized spacial score (nSPS) is 25.8. The van der Waals surface area contributed by atoms with Crippen molar-refractivity contribution in [3.05, 3.63) is 64.7 Å². The van der Waals surface area contributed by atoms with Crippen LogP contribution in [0.15, 0.2) is 48.5 Å². The number of fused-ring (bicyclic) bond motifs is 3. The van der Waals surface area contributed by atoms with Gasteiger partial charge in [-0.2, -0.15) is 0 Å². The van der Waals surface area contributed by atoms with E-state index in [0.29, 0.717) is 24.4 Å². The fourth-order valence-corrected chi connectivity index (χ4v) is 3.96. The molecule has 2 N–H and O–H groups in total. The van der Waals surface area contributed by atoms with Crippen LogP contribution >= 0.6 is 11.6 Å². The van der Waals surface area contributed by atoms with Crippen LogP contribution < -0.4 is 5.32 Å². The molecule has 0 spiro atoms. The molecule has 0 unspecified atom stereocenters. The second-order valence-electron chi connectivity index (χ2n) is 6.42. The standard InChI is InChI=1S/C19H19ClN2O2/c20-14-7-3-4-8-15(14)21-16-9-10-22-17(11-18(16)23)12-5-1-2-6-13(12)19(22)24/h1-8,16-18,21,23H,9-11H2/t16-,17+,18-/m1/s1. The monoisotopic (exact) mass is 342 g/mol. The van der Waals surface area contributed by atoms with Crippen molar-refractivity contribution in [2.24, 2.45) is 0 Å². The largest absolute Gasteiger partial charge is 0.391 e. The van der Waals surface area contributed by atoms with Gasteiger partial charge >= 0.3 is 0 Å². The van der Waals surface area contributed by atoms with E-state index in [-0.39, 0.29) is 18.0 Å². The van der Waals surface area contributed by atoms with E-state index in [0.717, 1.165) is 16.8 Å². The maximum atomic E-state index is 12.6. The van der Waals surface area contributed by atoms with Crippen molar-refractivity contribution in [3.63, 3.8) is 0 Å². The SMILES string of the molecule is O=C1c2ccccc2[C@@H]2C[C@@H](O)[C@H](Nc3ccccc3Cl)CCN12. The predicted octanol–water partition coefficient (Wildman–Crippen LogP) is 3.47. The van der Waals surface area contributed by atoms with E-state index in [2.05, 4.69) is 5.32 Å². The van der Waals surface area contributed by atoms with Crippen molar-refractivity contribution in [1.29, 1.82) is 0 Å². The van der Waals surface area contributed by atoms with Crippen molar-refractivity contribution in [1.82, 2.24) is 4.90 Å². The first kappa shape index (κ1) is 15.5. The molecule has 1 saturated heterocycles. The van der Waals surface area contributed by atoms with Crippen LogP contribution in [-0.4, -0.2) is 34.6 Å². The lowest BCUT2D eigenvalue weighted by Gasteiger charge is -2.24. The van der Waals surface area contributed by atoms with Crippen molar-refractivity contribution in [3.8, 4) is 0 Å². The Hall–Kier alpha value is -2.04. The highest BCUT2D eigenvalue weighted by Crippen LogP contribution is 2.39. The summed E-state index contributed by atoms with van der Waals surface area (Å²) in [6.45, 7) is 0.622. The summed E-state index contributed by atoms with van der Waals surface area (Å²) in [6, 6.07) is 15.1. The van der Waals surface area contributed by atoms with Crippen LogP contribution in [0.1, 0.15) is 34.8 Å². The third-order valence-corrected chi connectivity index (χ3v) is 5.34. The minimum Gasteiger partial charge on any atom is -0.391 e. The number of carbonyl (C=O) groups is 1. The van der Waals surface area contributed by atoms with Gasteiger partial charge in [0.05, 0.1) is 28.9 Å². The number of aliphatic hydroxyl groups is 1. The fourth-order valence-electron chi connectivity index (χ4n) is 3.77. The van der Waals surface area contributed by atoms with Crippen LogP contribution in [-0.2, 0) is 0 Å². The lowest BCUT2D eigenvalue weighted by Crippen LogP contribution is -2.33. The Labute approximate surface area is 146 Å². The van der Waals surface area contributed by atoms with E-state index < -0.39 is 6.10 Å². The molecule has 1 amide bonds. The number of amides is 1. The molecular formula is C19H19ClN2O2. The topological polar surface area (TPSA) is 52.6 Å². The lowest BCUT2D eigenvalue weighted by molar-refractivity contribution is 0.0705. The summed E-state index contributed by atoms with van der Waals surface area (Å²) in [5, 5.41) is 14.7. The highest BCUT2D eigenvalue weighted by molar-refractivity contribution is 6.33. The van der Waals surface area contributed by atoms with E-state index in [1.807, 2.05) is 53.4 Å². The van der Waals surface area contributed by atoms with E-state index in [1.54, 1.807) is 0 Å². The summed E-state index contributed by atoms with van der Waals surface area (Å²) in [5.74, 6) is 0.0705. The number of benzene rings is 2. The number of nitrogens with one attached hydrogen (secondary N) is 1. The zero-order chi connectivity index (χ0) is 16.7. The predicted molar refractivity (Wildman–Crippen MR) is 94.3 cm³/mol. The molecule has 2 aromatic rings. The molecule has 2 aliphatic rings. The quantitative estimate of drug-likeness (QED) is 0.878. The van der Waals surface area contributed by atoms with Gasteiger partial charge in [-0.05, 0) is 36.6 Å². The first-order chi connectivity index (χ1) is 11.6. The van der Waals surface area contributed by atoms with Crippen molar-refractivity contribution >= 4 is 23.2 Å². The average molecular weight is 343 g/mol. The number of anilines is 1. The first-order valence-electron chi connectivity index (χ1n) is 8.24. The van der Waals surface area contributed by atoms with Crippen LogP contribution in [0.2, 0.25) is 5.02 Å². The zero-order valence-electron chi connectivity index (χ0n) is 13.2. The van der Waals surface area contributed by atoms with Crippen LogP contribution in [0.25, 0.3) is 0 Å². The van der Waals surface area contributed by atoms with Crippen LogP contribution in [0.3, 0.4) is 0 Å². The Balaban J connectivity index is 1.58. The maximum absolute atomic E-state index is 12.6. The second-order valence-corrected chi connectivity index (χ2v) is 6.83. The van der Waals surface area contributed by atoms with Gasteiger partial charge in [0.15, 0.2) is 0 Å². The smallest absolute Gasteiger partial charge is 0.254 e. The van der Waals surface area contributed by atoms with Gasteiger partial charge in [-0.1, -0.05) is 41.9 Å². The Bertz CT molecular complexity index is 779. The molecule has 0 aromatic heterocycles. The Kier molecular flexibility index (Phi) is 3.94. The third kappa shape index (κ3) is 2.56. The Morgan fingerprint density at radius 2 is 1.88 bits per heavy atom. The number of rotatable bonds is 2. The molecule has 4 rings (SSSR count). The lowest BCUT2D eigenvalue weighted by atomic mass is 9.97. The van der Waals surface area contributed by atoms with Gasteiger partial charge in [0.1, 0.15) is 0 Å². The molecule has 124 valence electrons. The van der Waals surface area contributed by atoms with Gasteiger partial charge in [-0.15, -0.1) is 0 Å². The molecule has 4 nitrogen and oxygen atoms in total. The summed E-state index contributed by atoms with van der Waals surface area (Å²) in [7, 11) is 0. The van der Waals surface area contributed by atoms with Gasteiger partial charge in [-0.3, -0.25) is 4.79 Å². The molecule has 1 fully saturated rings. The molecule has 0 bridgehead atoms. The summed E-state index contributed by atoms with van der Waals surface area (Å²) in [5.41, 5.74) is 2.61. The summed E-state index contributed by atoms with van der Waals surface area (Å²) in [6.07, 6.45) is 0.670. The molecule has 24 heavy (non-hydrogen) atoms. The van der Waals surface area contributed by atoms with Crippen molar-refractivity contribution < 1.29 is 9.90 Å². The Morgan fingerprint density at radius 3 is 2.71 bits per heavy atom. The molecular weight excluding hydrogens is 324 g/mol. The van der Waals surface area contributed by atoms with E-state index in [4.69, 9.17) is 11.6 Å². The third-order valence-electron chi connectivity index (χ3n) is 5.01. The minimum absolute atomic E-state index is 0.0401. The van der Waals surface area contributed by atoms with Gasteiger partial charge in [0.2, 0.25) is 0 Å². The van der Waals surface area contributed by atoms with E-state index in [9.17, 15) is 9.90 Å². The van der Waals surface area contributed by atoms with Crippen molar-refractivity contribution in [2.75, 3.05) is 11.9 Å². The molecule has 0 aliphatic carbocycles. The number of hydrogen-bond acceptors (Lipinski definition) is 3. The number of carbonyl (C=O) groups excluding carboxylic acids is 1. The van der Waals surface area contributed by atoms with Gasteiger partial charge in [0, 0.05) is 12.1 Å². The fraction of sp³-hybridized carbons (Fsp3) is 0.316. The summed E-state index contributed by atoms with van der Waals surface area (Å²) >= 11 is 6.21.